The summed E-state index contributed by atoms with van der Waals surface area (Å²) in [7, 11) is -0.0782. The summed E-state index contributed by atoms with van der Waals surface area (Å²) in [6.07, 6.45) is 12.5. The molecule has 0 amide bonds. The molecule has 1 heterocycles. The second kappa shape index (κ2) is 8.70. The monoisotopic (exact) mass is 239 g/mol. The van der Waals surface area contributed by atoms with Gasteiger partial charge in [0, 0.05) is 0 Å². The number of rotatable bonds is 9. The fourth-order valence-electron chi connectivity index (χ4n) is 2.05. The molecule has 0 spiro atoms. The lowest BCUT2D eigenvalue weighted by molar-refractivity contribution is 0.582. The highest BCUT2D eigenvalue weighted by Crippen LogP contribution is 2.38. The van der Waals surface area contributed by atoms with Crippen LogP contribution >= 0.6 is 7.53 Å². The Kier molecular flexibility index (Phi) is 7.42. The van der Waals surface area contributed by atoms with Crippen molar-refractivity contribution in [3.63, 3.8) is 0 Å². The molecule has 1 unspecified atom stereocenters. The molecule has 0 saturated heterocycles. The van der Waals surface area contributed by atoms with Crippen molar-refractivity contribution in [2.75, 3.05) is 5.73 Å². The molecule has 0 saturated carbocycles. The largest absolute Gasteiger partial charge is 0.396 e. The fourth-order valence-corrected chi connectivity index (χ4v) is 3.76. The van der Waals surface area contributed by atoms with Crippen molar-refractivity contribution in [3.8, 4) is 0 Å². The van der Waals surface area contributed by atoms with Crippen LogP contribution in [0, 0.1) is 0 Å². The molecule has 1 aromatic heterocycles. The summed E-state index contributed by atoms with van der Waals surface area (Å²) in [6.45, 7) is 2.27. The molecule has 1 rings (SSSR count). The minimum Gasteiger partial charge on any atom is -0.396 e. The van der Waals surface area contributed by atoms with E-state index in [9.17, 15) is 0 Å². The number of unbranched alkanes of at least 4 members (excludes halogenated alkanes) is 7. The van der Waals surface area contributed by atoms with E-state index in [0.29, 0.717) is 0 Å². The third-order valence-electron chi connectivity index (χ3n) is 3.12. The maximum Gasteiger partial charge on any atom is 0.0508 e. The third kappa shape index (κ3) is 5.61. The quantitative estimate of drug-likeness (QED) is 0.574. The summed E-state index contributed by atoms with van der Waals surface area (Å²) in [5, 5.41) is 0. The highest BCUT2D eigenvalue weighted by Gasteiger charge is 1.97. The molecule has 0 aliphatic rings. The minimum absolute atomic E-state index is 0.0782. The van der Waals surface area contributed by atoms with Crippen molar-refractivity contribution in [1.29, 1.82) is 0 Å². The van der Waals surface area contributed by atoms with Crippen LogP contribution < -0.4 is 5.73 Å². The summed E-state index contributed by atoms with van der Waals surface area (Å²) < 4.78 is 0. The van der Waals surface area contributed by atoms with Crippen molar-refractivity contribution in [3.05, 3.63) is 17.9 Å². The van der Waals surface area contributed by atoms with Gasteiger partial charge in [0.2, 0.25) is 0 Å². The smallest absolute Gasteiger partial charge is 0.0508 e. The lowest BCUT2D eigenvalue weighted by atomic mass is 10.1. The maximum atomic E-state index is 5.90. The molecule has 92 valence electrons. The SMILES string of the molecule is CCCCCCCCCCp1cccc1N. The van der Waals surface area contributed by atoms with Gasteiger partial charge in [-0.25, -0.2) is 0 Å². The highest BCUT2D eigenvalue weighted by atomic mass is 31.1. The Hall–Kier alpha value is -0.420. The Morgan fingerprint density at radius 3 is 2.19 bits per heavy atom. The highest BCUT2D eigenvalue weighted by molar-refractivity contribution is 7.52. The van der Waals surface area contributed by atoms with Crippen LogP contribution in [0.15, 0.2) is 17.9 Å². The molecule has 0 aliphatic heterocycles. The van der Waals surface area contributed by atoms with E-state index in [1.165, 1.54) is 57.5 Å². The summed E-state index contributed by atoms with van der Waals surface area (Å²) in [6, 6.07) is 4.18. The molecule has 1 atom stereocenters. The Morgan fingerprint density at radius 2 is 1.62 bits per heavy atom. The van der Waals surface area contributed by atoms with Crippen LogP contribution in [0.5, 0.6) is 0 Å². The lowest BCUT2D eigenvalue weighted by Crippen LogP contribution is -1.82. The van der Waals surface area contributed by atoms with Gasteiger partial charge in [0.15, 0.2) is 0 Å². The van der Waals surface area contributed by atoms with Gasteiger partial charge in [0.05, 0.1) is 5.42 Å². The van der Waals surface area contributed by atoms with Crippen LogP contribution in [0.25, 0.3) is 0 Å². The van der Waals surface area contributed by atoms with Gasteiger partial charge in [-0.05, 0) is 24.4 Å². The van der Waals surface area contributed by atoms with Gasteiger partial charge in [-0.3, -0.25) is 0 Å². The predicted octanol–water partition coefficient (Wildman–Crippen LogP) is 5.40. The average molecular weight is 239 g/mol. The van der Waals surface area contributed by atoms with Crippen molar-refractivity contribution < 1.29 is 0 Å². The Bertz CT molecular complexity index is 267. The third-order valence-corrected chi connectivity index (χ3v) is 5.26. The minimum atomic E-state index is -0.0782. The Morgan fingerprint density at radius 1 is 1.00 bits per heavy atom. The van der Waals surface area contributed by atoms with Gasteiger partial charge in [-0.1, -0.05) is 57.9 Å². The predicted molar refractivity (Wildman–Crippen MR) is 76.2 cm³/mol. The molecule has 1 nitrogen and oxygen atoms in total. The topological polar surface area (TPSA) is 26.0 Å². The number of nitrogens with two attached hydrogens (primary N) is 1. The van der Waals surface area contributed by atoms with Crippen molar-refractivity contribution in [1.82, 2.24) is 0 Å². The zero-order valence-electron chi connectivity index (χ0n) is 10.6. The lowest BCUT2D eigenvalue weighted by Gasteiger charge is -2.02. The van der Waals surface area contributed by atoms with Gasteiger partial charge in [0.25, 0.3) is 0 Å². The van der Waals surface area contributed by atoms with Crippen molar-refractivity contribution >= 4 is 13.0 Å². The normalized spacial score (nSPS) is 11.9. The molecule has 1 aromatic rings. The van der Waals surface area contributed by atoms with Crippen LogP contribution in [0.2, 0.25) is 0 Å². The summed E-state index contributed by atoms with van der Waals surface area (Å²) in [5.74, 6) is 2.30. The van der Waals surface area contributed by atoms with E-state index in [1.54, 1.807) is 0 Å². The summed E-state index contributed by atoms with van der Waals surface area (Å²) in [4.78, 5) is 0. The van der Waals surface area contributed by atoms with E-state index in [2.05, 4.69) is 24.9 Å². The van der Waals surface area contributed by atoms with Crippen LogP contribution in [-0.2, 0) is 6.16 Å². The first-order valence-electron chi connectivity index (χ1n) is 6.75. The first kappa shape index (κ1) is 13.6. The Balaban J connectivity index is 1.91. The molecule has 16 heavy (non-hydrogen) atoms. The second-order valence-electron chi connectivity index (χ2n) is 4.60. The number of anilines is 1. The summed E-state index contributed by atoms with van der Waals surface area (Å²) in [5.41, 5.74) is 7.03. The molecule has 0 fully saturated rings. The molecule has 0 radical (unpaired) electrons. The maximum absolute atomic E-state index is 5.90. The number of nitrogen functional groups attached to an aromatic ring is 1. The van der Waals surface area contributed by atoms with Gasteiger partial charge in [-0.15, -0.1) is 7.53 Å². The standard InChI is InChI=1S/C14H26NP/c1-2-3-4-5-6-7-8-9-12-16-13-10-11-14(16)15/h10-11,13H,2-9,12,15H2,1H3. The van der Waals surface area contributed by atoms with Gasteiger partial charge in [0.1, 0.15) is 0 Å². The van der Waals surface area contributed by atoms with Crippen LogP contribution in [0.1, 0.15) is 58.3 Å². The average Bonchev–Trinajstić information content (AvgIpc) is 2.68. The molecule has 2 heteroatoms. The van der Waals surface area contributed by atoms with E-state index in [1.807, 2.05) is 0 Å². The van der Waals surface area contributed by atoms with E-state index < -0.39 is 0 Å². The van der Waals surface area contributed by atoms with E-state index in [0.717, 1.165) is 5.42 Å². The van der Waals surface area contributed by atoms with E-state index in [-0.39, 0.29) is 7.53 Å². The van der Waals surface area contributed by atoms with Gasteiger partial charge >= 0.3 is 0 Å². The number of aryl methyl sites for hydroxylation is 1. The molecule has 0 aromatic carbocycles. The Labute approximate surface area is 101 Å². The van der Waals surface area contributed by atoms with Gasteiger partial charge < -0.3 is 5.73 Å². The van der Waals surface area contributed by atoms with Crippen molar-refractivity contribution in [2.45, 2.75) is 64.5 Å². The van der Waals surface area contributed by atoms with E-state index in [4.69, 9.17) is 5.73 Å². The zero-order chi connectivity index (χ0) is 11.6. The number of hydrogen-bond acceptors (Lipinski definition) is 1. The van der Waals surface area contributed by atoms with Gasteiger partial charge in [-0.2, -0.15) is 0 Å². The van der Waals surface area contributed by atoms with E-state index >= 15 is 0 Å². The van der Waals surface area contributed by atoms with Crippen LogP contribution in [0.3, 0.4) is 0 Å². The number of hydrogen-bond donors (Lipinski definition) is 1. The first-order valence-corrected chi connectivity index (χ1v) is 8.35. The molecular formula is C14H26NP. The first-order chi connectivity index (χ1) is 7.84. The molecule has 0 bridgehead atoms. The zero-order valence-corrected chi connectivity index (χ0v) is 11.5. The molecule has 2 N–H and O–H groups in total. The van der Waals surface area contributed by atoms with Crippen molar-refractivity contribution in [2.24, 2.45) is 0 Å². The fraction of sp³-hybridized carbons (Fsp3) is 0.714. The van der Waals surface area contributed by atoms with Crippen LogP contribution in [0.4, 0.5) is 5.42 Å². The van der Waals surface area contributed by atoms with Crippen LogP contribution in [-0.4, -0.2) is 0 Å². The summed E-state index contributed by atoms with van der Waals surface area (Å²) >= 11 is 0. The second-order valence-corrected chi connectivity index (χ2v) is 6.80. The molecule has 0 aliphatic carbocycles. The molecular weight excluding hydrogens is 213 g/mol.